The number of benzene rings is 4. The number of amides is 1. The van der Waals surface area contributed by atoms with Crippen LogP contribution in [0.3, 0.4) is 0 Å². The van der Waals surface area contributed by atoms with E-state index in [1.165, 1.54) is 19.2 Å². The average Bonchev–Trinajstić information content (AvgIpc) is 0.784. The SMILES string of the molecule is CC(=O)Nc1cc(-c2cnc(N)nc2)nc(N2CCOCC2)n1.COc1cc(N)ncc1-c1cc(Nc2cnc3ccccc3c2)nc(N2CCOCC2)n1.COc1ccc2ncc(Nc3cc(-c4cnc(N)nc4)nc(N4CCOCC4)n3)cc2c1.Cc1cc(N)ncc1-c1cc(Nc2cnc3ccccc3c2)nc(N2CCOCC2)n1.Nc1ncc(-c2cc(Nc3cnc4ccccc4c3)nc(N3CCOCC3)n2)cc1F. The van der Waals surface area contributed by atoms with E-state index in [2.05, 4.69) is 122 Å². The van der Waals surface area contributed by atoms with Crippen LogP contribution in [0.2, 0.25) is 0 Å². The van der Waals surface area contributed by atoms with Gasteiger partial charge in [-0.2, -0.15) is 24.9 Å². The number of pyridine rings is 7. The molecule has 0 spiro atoms. The molecule has 44 nitrogen and oxygen atoms in total. The van der Waals surface area contributed by atoms with Gasteiger partial charge in [0.25, 0.3) is 0 Å². The van der Waals surface area contributed by atoms with Crippen molar-refractivity contribution in [1.29, 1.82) is 0 Å². The number of hydrogen-bond donors (Lipinski definition) is 10. The maximum atomic E-state index is 14.0. The van der Waals surface area contributed by atoms with E-state index in [0.717, 1.165) is 139 Å². The fraction of sp³-hybridized carbons (Fsp3) is 0.231. The van der Waals surface area contributed by atoms with Crippen molar-refractivity contribution >= 4 is 160 Å². The van der Waals surface area contributed by atoms with E-state index < -0.39 is 5.82 Å². The Morgan fingerprint density at radius 3 is 1.03 bits per heavy atom. The number of nitrogens with two attached hydrogens (primary N) is 5. The molecule has 756 valence electrons. The van der Waals surface area contributed by atoms with Crippen LogP contribution in [0.4, 0.5) is 115 Å². The van der Waals surface area contributed by atoms with E-state index in [1.54, 1.807) is 88.2 Å². The summed E-state index contributed by atoms with van der Waals surface area (Å²) in [6.07, 6.45) is 18.6. The molecule has 19 heterocycles. The number of ether oxygens (including phenoxy) is 7. The van der Waals surface area contributed by atoms with Crippen molar-refractivity contribution in [2.75, 3.05) is 225 Å². The van der Waals surface area contributed by atoms with Crippen LogP contribution in [0.1, 0.15) is 12.5 Å². The van der Waals surface area contributed by atoms with Crippen LogP contribution in [0.5, 0.6) is 11.5 Å². The van der Waals surface area contributed by atoms with E-state index >= 15 is 0 Å². The van der Waals surface area contributed by atoms with Crippen molar-refractivity contribution in [2.45, 2.75) is 13.8 Å². The summed E-state index contributed by atoms with van der Waals surface area (Å²) in [4.78, 5) is 115. The highest BCUT2D eigenvalue weighted by Gasteiger charge is 2.26. The van der Waals surface area contributed by atoms with Gasteiger partial charge in [-0.1, -0.05) is 54.6 Å². The fourth-order valence-corrected chi connectivity index (χ4v) is 16.4. The molecule has 23 rings (SSSR count). The Kier molecular flexibility index (Phi) is 31.3. The van der Waals surface area contributed by atoms with Crippen LogP contribution in [-0.4, -0.2) is 256 Å². The predicted molar refractivity (Wildman–Crippen MR) is 571 cm³/mol. The van der Waals surface area contributed by atoms with Crippen molar-refractivity contribution in [3.05, 3.63) is 243 Å². The summed E-state index contributed by atoms with van der Waals surface area (Å²) in [6.45, 7) is 16.9. The lowest BCUT2D eigenvalue weighted by molar-refractivity contribution is -0.114. The van der Waals surface area contributed by atoms with Gasteiger partial charge in [-0.05, 0) is 85.3 Å². The Bertz CT molecular complexity index is 7770. The minimum Gasteiger partial charge on any atom is -0.497 e. The van der Waals surface area contributed by atoms with E-state index in [1.807, 2.05) is 156 Å². The minimum absolute atomic E-state index is 0.146. The molecule has 0 aliphatic carbocycles. The van der Waals surface area contributed by atoms with Crippen LogP contribution in [0.15, 0.2) is 232 Å². The van der Waals surface area contributed by atoms with Gasteiger partial charge < -0.3 is 113 Å². The molecule has 149 heavy (non-hydrogen) atoms. The molecule has 5 fully saturated rings. The molecular weight excluding hydrogens is 1900 g/mol. The molecular formula is C104H105FN36O8. The first-order valence-electron chi connectivity index (χ1n) is 47.8. The van der Waals surface area contributed by atoms with Gasteiger partial charge in [0.05, 0.1) is 184 Å². The van der Waals surface area contributed by atoms with E-state index in [4.69, 9.17) is 91.7 Å². The number of morpholine rings is 5. The van der Waals surface area contributed by atoms with Crippen molar-refractivity contribution in [2.24, 2.45) is 0 Å². The number of hydrogen-bond acceptors (Lipinski definition) is 43. The maximum absolute atomic E-state index is 14.0. The third-order valence-corrected chi connectivity index (χ3v) is 24.0. The largest absolute Gasteiger partial charge is 0.497 e. The highest BCUT2D eigenvalue weighted by molar-refractivity contribution is 5.90. The molecule has 0 unspecified atom stereocenters. The molecule has 45 heteroatoms. The van der Waals surface area contributed by atoms with Crippen molar-refractivity contribution in [1.82, 2.24) is 105 Å². The third kappa shape index (κ3) is 25.7. The zero-order valence-corrected chi connectivity index (χ0v) is 81.7. The normalized spacial score (nSPS) is 14.0. The monoisotopic (exact) mass is 2000 g/mol. The smallest absolute Gasteiger partial charge is 0.228 e. The highest BCUT2D eigenvalue weighted by atomic mass is 19.1. The first-order chi connectivity index (χ1) is 72.8. The van der Waals surface area contributed by atoms with Crippen molar-refractivity contribution < 1.29 is 42.3 Å². The molecule has 0 saturated carbocycles. The number of halogens is 1. The van der Waals surface area contributed by atoms with Crippen LogP contribution in [-0.2, 0) is 28.5 Å². The predicted octanol–water partition coefficient (Wildman–Crippen LogP) is 13.2. The third-order valence-electron chi connectivity index (χ3n) is 24.0. The molecule has 0 atom stereocenters. The topological polar surface area (TPSA) is 559 Å². The zero-order chi connectivity index (χ0) is 102. The second kappa shape index (κ2) is 46.9. The number of para-hydroxylation sites is 3. The van der Waals surface area contributed by atoms with Crippen molar-refractivity contribution in [3.8, 4) is 67.8 Å². The van der Waals surface area contributed by atoms with Gasteiger partial charge in [0.15, 0.2) is 11.6 Å². The first-order valence-corrected chi connectivity index (χ1v) is 47.8. The van der Waals surface area contributed by atoms with Crippen LogP contribution in [0, 0.1) is 12.7 Å². The number of carbonyl (C=O) groups excluding carboxylic acids is 1. The van der Waals surface area contributed by atoms with Gasteiger partial charge in [0.2, 0.25) is 47.5 Å². The Morgan fingerprint density at radius 1 is 0.322 bits per heavy atom. The molecule has 14 aromatic heterocycles. The number of aryl methyl sites for hydroxylation is 1. The molecule has 4 aromatic carbocycles. The number of nitrogens with one attached hydrogen (secondary N) is 5. The summed E-state index contributed by atoms with van der Waals surface area (Å²) in [5.41, 5.74) is 43.3. The number of anilines is 19. The number of carbonyl (C=O) groups is 1. The second-order valence-electron chi connectivity index (χ2n) is 34.4. The van der Waals surface area contributed by atoms with Gasteiger partial charge in [-0.15, -0.1) is 0 Å². The highest BCUT2D eigenvalue weighted by Crippen LogP contribution is 2.37. The first kappa shape index (κ1) is 99.3. The number of rotatable bonds is 21. The number of nitrogen functional groups attached to an aromatic ring is 5. The molecule has 0 bridgehead atoms. The quantitative estimate of drug-likeness (QED) is 0.0319. The number of methoxy groups -OCH3 is 2. The zero-order valence-electron chi connectivity index (χ0n) is 81.7. The lowest BCUT2D eigenvalue weighted by Crippen LogP contribution is -2.37. The Labute approximate surface area is 853 Å². The Hall–Kier alpha value is -18.5. The molecule has 18 aromatic rings. The van der Waals surface area contributed by atoms with Crippen molar-refractivity contribution in [3.63, 3.8) is 0 Å². The summed E-state index contributed by atoms with van der Waals surface area (Å²) in [6, 6.07) is 51.7. The minimum atomic E-state index is -0.586. The second-order valence-corrected chi connectivity index (χ2v) is 34.4. The summed E-state index contributed by atoms with van der Waals surface area (Å²) >= 11 is 0. The lowest BCUT2D eigenvalue weighted by Gasteiger charge is -2.27. The average molecular weight is 2010 g/mol. The summed E-state index contributed by atoms with van der Waals surface area (Å²) in [5, 5.41) is 20.2. The van der Waals surface area contributed by atoms with Gasteiger partial charge in [0, 0.05) is 196 Å². The van der Waals surface area contributed by atoms with Gasteiger partial charge in [0.1, 0.15) is 52.2 Å². The molecule has 5 aliphatic rings. The summed E-state index contributed by atoms with van der Waals surface area (Å²) < 4.78 is 52.1. The van der Waals surface area contributed by atoms with Gasteiger partial charge in [-0.3, -0.25) is 24.7 Å². The van der Waals surface area contributed by atoms with Gasteiger partial charge >= 0.3 is 0 Å². The molecule has 15 N–H and O–H groups in total. The van der Waals surface area contributed by atoms with E-state index in [0.29, 0.717) is 202 Å². The summed E-state index contributed by atoms with van der Waals surface area (Å²) in [7, 11) is 3.25. The molecule has 5 aliphatic heterocycles. The molecule has 0 radical (unpaired) electrons. The lowest BCUT2D eigenvalue weighted by atomic mass is 10.1. The number of fused-ring (bicyclic) bond motifs is 4. The Balaban J connectivity index is 0.000000117. The van der Waals surface area contributed by atoms with E-state index in [9.17, 15) is 9.18 Å². The molecule has 5 saturated heterocycles. The number of nitrogens with zero attached hydrogens (tertiary/aromatic N) is 26. The van der Waals surface area contributed by atoms with E-state index in [-0.39, 0.29) is 23.6 Å². The van der Waals surface area contributed by atoms with Gasteiger partial charge in [-0.25, -0.2) is 64.2 Å². The van der Waals surface area contributed by atoms with Crippen LogP contribution < -0.4 is 89.2 Å². The molecule has 1 amide bonds. The fourth-order valence-electron chi connectivity index (χ4n) is 16.4. The maximum Gasteiger partial charge on any atom is 0.228 e. The standard InChI is InChI=1S/C23H23N7O2.C23H23N7O.C22H20FN7O.C22H22N8O2.C14H17N7O2/c1-31-20-12-21(24)26-14-17(20)19-11-22(29-23(28-19)30-6-8-32-9-7-30)27-16-10-15-4-2-3-5-18(15)25-13-16;1-15-10-21(24)26-14-18(15)20-12-22(29-23(28-20)30-6-8-31-9-7-30)27-17-11-16-4-2-3-5-19(16)25-13-17;23-17-10-15(12-26-21(17)24)19-11-20(29-22(28-19)30-5-7-31-8-6-30)27-16-9-14-3-1-2-4-18(14)25-13-16;1-31-17-2-3-18-14(9-17)8-16(13-24-18)27-20-10-19(15-11-25-21(23)26-12-15)28-22(29-20)30-4-6-32-7-5-30;1-9(22)18-12-6-11(10-7-16-13(15)17-8-10)19-14(20-12)21-2-4-23-5-3-21/h2-5,10-14H,6-9H2,1H3,(H2,24,26)(H,27,28,29);2-5,10-14H,6-9H2,1H3,(H2,24,26)(H,27,28,29);1-4,9-13H,5-8H2,(H2,24,26)(H,27,28,29);2-3,8-13H,4-7H2,1H3,(H2,23,25,26)(H,27,28,29);6-8H,2-5H2,1H3,(H2,15,16,17)(H,18,19,20,22). The number of aromatic nitrogens is 21. The Morgan fingerprint density at radius 2 is 0.651 bits per heavy atom. The van der Waals surface area contributed by atoms with Crippen LogP contribution >= 0.6 is 0 Å². The van der Waals surface area contributed by atoms with Crippen LogP contribution in [0.25, 0.3) is 99.9 Å². The summed E-state index contributed by atoms with van der Waals surface area (Å²) in [5.74, 6) is 7.66.